The van der Waals surface area contributed by atoms with Crippen molar-refractivity contribution in [2.45, 2.75) is 6.92 Å². The van der Waals surface area contributed by atoms with Crippen molar-refractivity contribution >= 4 is 33.3 Å². The fraction of sp³-hybridized carbons (Fsp3) is 0.167. The molecule has 0 aliphatic heterocycles. The summed E-state index contributed by atoms with van der Waals surface area (Å²) in [5.41, 5.74) is 7.98. The molecule has 0 spiro atoms. The minimum atomic E-state index is -0.228. The third-order valence-electron chi connectivity index (χ3n) is 3.64. The van der Waals surface area contributed by atoms with Crippen LogP contribution in [0.3, 0.4) is 0 Å². The molecule has 0 radical (unpaired) electrons. The summed E-state index contributed by atoms with van der Waals surface area (Å²) in [6.45, 7) is 2.37. The first-order chi connectivity index (χ1) is 12.6. The van der Waals surface area contributed by atoms with Crippen molar-refractivity contribution in [3.05, 3.63) is 59.9 Å². The van der Waals surface area contributed by atoms with Gasteiger partial charge in [0.2, 0.25) is 5.82 Å². The van der Waals surface area contributed by atoms with E-state index in [9.17, 15) is 4.79 Å². The average molecular weight is 416 g/mol. The van der Waals surface area contributed by atoms with Crippen LogP contribution in [0.15, 0.2) is 58.7 Å². The highest BCUT2D eigenvalue weighted by Gasteiger charge is 2.14. The monoisotopic (exact) mass is 415 g/mol. The van der Waals surface area contributed by atoms with E-state index in [4.69, 9.17) is 10.2 Å². The van der Waals surface area contributed by atoms with Crippen LogP contribution < -0.4 is 11.1 Å². The summed E-state index contributed by atoms with van der Waals surface area (Å²) in [6, 6.07) is 6.74. The number of nitrogen functional groups attached to an aromatic ring is 1. The van der Waals surface area contributed by atoms with E-state index in [2.05, 4.69) is 31.3 Å². The second-order valence-corrected chi connectivity index (χ2v) is 6.08. The number of aromatic nitrogens is 3. The molecule has 3 heterocycles. The van der Waals surface area contributed by atoms with Gasteiger partial charge in [0.25, 0.3) is 5.91 Å². The number of pyridine rings is 1. The third kappa shape index (κ3) is 3.85. The number of nitrogens with one attached hydrogen (secondary N) is 1. The first kappa shape index (κ1) is 17.9. The lowest BCUT2D eigenvalue weighted by atomic mass is 10.2. The lowest BCUT2D eigenvalue weighted by molar-refractivity contribution is 0.0957. The first-order valence-corrected chi connectivity index (χ1v) is 9.09. The number of amides is 1. The molecular weight excluding hydrogens is 398 g/mol. The van der Waals surface area contributed by atoms with Gasteiger partial charge in [-0.25, -0.2) is 4.98 Å². The molecule has 3 aromatic heterocycles. The largest absolute Gasteiger partial charge is 0.461 e. The van der Waals surface area contributed by atoms with Gasteiger partial charge in [-0.1, -0.05) is 34.2 Å². The van der Waals surface area contributed by atoms with Gasteiger partial charge in [0.05, 0.1) is 6.26 Å². The fourth-order valence-electron chi connectivity index (χ4n) is 2.33. The topological polar surface area (TPSA) is 98.5 Å². The van der Waals surface area contributed by atoms with E-state index in [1.54, 1.807) is 30.5 Å². The Kier molecular flexibility index (Phi) is 5.52. The van der Waals surface area contributed by atoms with Gasteiger partial charge < -0.3 is 15.5 Å². The molecule has 0 atom stereocenters. The summed E-state index contributed by atoms with van der Waals surface area (Å²) < 4.78 is 6.78. The molecule has 26 heavy (non-hydrogen) atoms. The van der Waals surface area contributed by atoms with Crippen molar-refractivity contribution in [1.29, 1.82) is 0 Å². The molecule has 3 aromatic rings. The second kappa shape index (κ2) is 8.01. The van der Waals surface area contributed by atoms with Crippen molar-refractivity contribution in [2.75, 3.05) is 17.6 Å². The summed E-state index contributed by atoms with van der Waals surface area (Å²) in [5.74, 6) is 1.04. The molecule has 3 N–H and O–H groups in total. The van der Waals surface area contributed by atoms with Gasteiger partial charge in [-0.2, -0.15) is 4.52 Å². The average Bonchev–Trinajstić information content (AvgIpc) is 3.31. The van der Waals surface area contributed by atoms with Crippen molar-refractivity contribution in [3.63, 3.8) is 0 Å². The molecule has 0 fully saturated rings. The van der Waals surface area contributed by atoms with Crippen LogP contribution in [-0.4, -0.2) is 32.4 Å². The van der Waals surface area contributed by atoms with E-state index < -0.39 is 0 Å². The molecule has 0 aliphatic rings. The smallest absolute Gasteiger partial charge is 0.251 e. The van der Waals surface area contributed by atoms with Gasteiger partial charge in [-0.15, -0.1) is 5.10 Å². The Morgan fingerprint density at radius 1 is 1.46 bits per heavy atom. The number of hydrogen-bond donors (Lipinski definition) is 2. The Hall–Kier alpha value is -2.87. The van der Waals surface area contributed by atoms with Crippen molar-refractivity contribution in [3.8, 4) is 11.6 Å². The van der Waals surface area contributed by atoms with Crippen molar-refractivity contribution < 1.29 is 9.21 Å². The number of nitrogens with zero attached hydrogens (tertiary/aromatic N) is 3. The summed E-state index contributed by atoms with van der Waals surface area (Å²) in [5, 5.41) is 7.87. The molecule has 1 amide bonds. The minimum Gasteiger partial charge on any atom is -0.461 e. The Morgan fingerprint density at radius 3 is 3.00 bits per heavy atom. The number of alkyl halides is 1. The van der Waals surface area contributed by atoms with Crippen LogP contribution in [0.4, 0.5) is 5.82 Å². The standard InChI is InChI=1S/C18H18BrN5O2/c1-2-3-5-12(10-19)11-21-18(25)13-8-15(20)24-16(9-13)22-17(23-24)14-6-4-7-26-14/h2-9H,10-11,20H2,1H3,(H,21,25)/b3-2-,12-5+. The molecule has 0 unspecified atom stereocenters. The maximum atomic E-state index is 12.5. The number of allylic oxidation sites excluding steroid dienone is 3. The number of fused-ring (bicyclic) bond motifs is 1. The highest BCUT2D eigenvalue weighted by molar-refractivity contribution is 9.09. The van der Waals surface area contributed by atoms with E-state index >= 15 is 0 Å². The minimum absolute atomic E-state index is 0.228. The molecule has 0 saturated carbocycles. The number of anilines is 1. The van der Waals surface area contributed by atoms with Crippen LogP contribution in [0.25, 0.3) is 17.2 Å². The van der Waals surface area contributed by atoms with Gasteiger partial charge in [0.15, 0.2) is 11.4 Å². The Morgan fingerprint density at radius 2 is 2.31 bits per heavy atom. The van der Waals surface area contributed by atoms with Gasteiger partial charge >= 0.3 is 0 Å². The third-order valence-corrected chi connectivity index (χ3v) is 4.36. The van der Waals surface area contributed by atoms with Gasteiger partial charge in [-0.3, -0.25) is 4.79 Å². The zero-order chi connectivity index (χ0) is 18.5. The van der Waals surface area contributed by atoms with E-state index in [0.717, 1.165) is 5.57 Å². The van der Waals surface area contributed by atoms with Crippen LogP contribution in [-0.2, 0) is 0 Å². The van der Waals surface area contributed by atoms with Crippen molar-refractivity contribution in [2.24, 2.45) is 0 Å². The molecular formula is C18H18BrN5O2. The molecule has 0 aliphatic carbocycles. The summed E-state index contributed by atoms with van der Waals surface area (Å²) in [7, 11) is 0. The zero-order valence-corrected chi connectivity index (χ0v) is 15.7. The lowest BCUT2D eigenvalue weighted by Gasteiger charge is -2.08. The van der Waals surface area contributed by atoms with E-state index in [1.807, 2.05) is 25.2 Å². The van der Waals surface area contributed by atoms with Crippen LogP contribution in [0.2, 0.25) is 0 Å². The molecule has 0 bridgehead atoms. The number of carbonyl (C=O) groups excluding carboxylic acids is 1. The van der Waals surface area contributed by atoms with Crippen LogP contribution >= 0.6 is 15.9 Å². The maximum Gasteiger partial charge on any atom is 0.251 e. The number of rotatable bonds is 6. The summed E-state index contributed by atoms with van der Waals surface area (Å²) in [6.07, 6.45) is 7.37. The van der Waals surface area contributed by atoms with Gasteiger partial charge in [0, 0.05) is 17.4 Å². The molecule has 134 valence electrons. The maximum absolute atomic E-state index is 12.5. The number of nitrogens with two attached hydrogens (primary N) is 1. The molecule has 0 saturated heterocycles. The highest BCUT2D eigenvalue weighted by Crippen LogP contribution is 2.19. The van der Waals surface area contributed by atoms with Gasteiger partial charge in [-0.05, 0) is 36.8 Å². The predicted octanol–water partition coefficient (Wildman–Crippen LogP) is 3.20. The number of hydrogen-bond acceptors (Lipinski definition) is 5. The number of halogens is 1. The lowest BCUT2D eigenvalue weighted by Crippen LogP contribution is -2.26. The van der Waals surface area contributed by atoms with Crippen LogP contribution in [0.1, 0.15) is 17.3 Å². The van der Waals surface area contributed by atoms with E-state index in [-0.39, 0.29) is 5.91 Å². The van der Waals surface area contributed by atoms with E-state index in [0.29, 0.717) is 40.5 Å². The fourth-order valence-corrected chi connectivity index (χ4v) is 2.71. The molecule has 3 rings (SSSR count). The number of furan rings is 1. The molecule has 8 heteroatoms. The highest BCUT2D eigenvalue weighted by atomic mass is 79.9. The second-order valence-electron chi connectivity index (χ2n) is 5.52. The Balaban J connectivity index is 1.82. The molecule has 7 nitrogen and oxygen atoms in total. The normalized spacial score (nSPS) is 12.2. The van der Waals surface area contributed by atoms with E-state index in [1.165, 1.54) is 4.52 Å². The predicted molar refractivity (Wildman–Crippen MR) is 104 cm³/mol. The SMILES string of the molecule is C/C=C\C=C(/CBr)CNC(=O)c1cc(N)n2nc(-c3ccco3)nc2c1. The number of carbonyl (C=O) groups is 1. The van der Waals surface area contributed by atoms with Crippen LogP contribution in [0.5, 0.6) is 0 Å². The van der Waals surface area contributed by atoms with Crippen molar-refractivity contribution in [1.82, 2.24) is 19.9 Å². The van der Waals surface area contributed by atoms with Crippen LogP contribution in [0, 0.1) is 0 Å². The summed E-state index contributed by atoms with van der Waals surface area (Å²) in [4.78, 5) is 16.8. The zero-order valence-electron chi connectivity index (χ0n) is 14.1. The quantitative estimate of drug-likeness (QED) is 0.475. The summed E-state index contributed by atoms with van der Waals surface area (Å²) >= 11 is 3.41. The Labute approximate surface area is 158 Å². The first-order valence-electron chi connectivity index (χ1n) is 7.97. The molecule has 0 aromatic carbocycles. The van der Waals surface area contributed by atoms with Gasteiger partial charge in [0.1, 0.15) is 5.82 Å². The Bertz CT molecular complexity index is 973.